The largest absolute Gasteiger partial charge is 0.300 e. The van der Waals surface area contributed by atoms with Crippen LogP contribution in [-0.4, -0.2) is 45.1 Å². The number of anilines is 1. The zero-order chi connectivity index (χ0) is 19.8. The number of hydrogen-bond acceptors (Lipinski definition) is 5. The van der Waals surface area contributed by atoms with Gasteiger partial charge in [0.25, 0.3) is 5.78 Å². The second kappa shape index (κ2) is 6.97. The third-order valence-electron chi connectivity index (χ3n) is 5.02. The van der Waals surface area contributed by atoms with Gasteiger partial charge in [0.05, 0.1) is 23.6 Å². The molecule has 4 rings (SSSR count). The van der Waals surface area contributed by atoms with E-state index in [0.717, 1.165) is 17.3 Å². The van der Waals surface area contributed by atoms with Gasteiger partial charge in [-0.25, -0.2) is 14.1 Å². The van der Waals surface area contributed by atoms with Crippen LogP contribution in [0, 0.1) is 5.82 Å². The molecular weight excluding hydrogens is 361 g/mol. The number of amides is 1. The summed E-state index contributed by atoms with van der Waals surface area (Å²) in [6, 6.07) is 11.7. The van der Waals surface area contributed by atoms with Crippen molar-refractivity contribution in [3.63, 3.8) is 0 Å². The number of nitrogens with zero attached hydrogens (tertiary/aromatic N) is 5. The molecule has 2 heterocycles. The summed E-state index contributed by atoms with van der Waals surface area (Å²) < 4.78 is 15.1. The average molecular weight is 379 g/mol. The number of Topliss-reactive ketones (excluding diaryl/α,β-unsaturated/α-hetero) is 1. The molecule has 0 bridgehead atoms. The fraction of sp³-hybridized carbons (Fsp3) is 0.200. The molecule has 0 fully saturated rings. The van der Waals surface area contributed by atoms with Gasteiger partial charge in [0.2, 0.25) is 0 Å². The molecule has 2 aromatic carbocycles. The lowest BCUT2D eigenvalue weighted by Gasteiger charge is -2.29. The van der Waals surface area contributed by atoms with E-state index in [1.807, 2.05) is 43.1 Å². The van der Waals surface area contributed by atoms with Crippen molar-refractivity contribution in [3.8, 4) is 5.69 Å². The summed E-state index contributed by atoms with van der Waals surface area (Å²) in [4.78, 5) is 31.8. The zero-order valence-corrected chi connectivity index (χ0v) is 15.4. The highest BCUT2D eigenvalue weighted by Crippen LogP contribution is 2.31. The van der Waals surface area contributed by atoms with Crippen molar-refractivity contribution in [2.75, 3.05) is 18.6 Å². The topological polar surface area (TPSA) is 71.3 Å². The number of fused-ring (bicyclic) bond motifs is 1. The number of aromatic nitrogens is 3. The Labute approximate surface area is 161 Å². The van der Waals surface area contributed by atoms with Gasteiger partial charge in [0.1, 0.15) is 18.5 Å². The van der Waals surface area contributed by atoms with E-state index in [1.54, 1.807) is 11.0 Å². The second-order valence-corrected chi connectivity index (χ2v) is 6.73. The Morgan fingerprint density at radius 3 is 2.57 bits per heavy atom. The smallest absolute Gasteiger partial charge is 0.291 e. The maximum absolute atomic E-state index is 13.4. The van der Waals surface area contributed by atoms with Gasteiger partial charge in [-0.05, 0) is 49.9 Å². The SMILES string of the molecule is C[C@H](c1ccc(-n2cncn2)cc1)N(C)CN1C(=O)C(=O)c2cc(F)ccc21. The lowest BCUT2D eigenvalue weighted by molar-refractivity contribution is -0.114. The lowest BCUT2D eigenvalue weighted by atomic mass is 10.1. The Hall–Kier alpha value is -3.39. The van der Waals surface area contributed by atoms with Crippen molar-refractivity contribution in [3.05, 3.63) is 72.1 Å². The fourth-order valence-electron chi connectivity index (χ4n) is 3.26. The van der Waals surface area contributed by atoms with Gasteiger partial charge < -0.3 is 0 Å². The highest BCUT2D eigenvalue weighted by atomic mass is 19.1. The van der Waals surface area contributed by atoms with Crippen molar-refractivity contribution in [1.29, 1.82) is 0 Å². The molecule has 0 N–H and O–H groups in total. The molecule has 0 saturated carbocycles. The predicted molar refractivity (Wildman–Crippen MR) is 101 cm³/mol. The van der Waals surface area contributed by atoms with E-state index >= 15 is 0 Å². The first kappa shape index (κ1) is 18.0. The molecule has 1 aliphatic rings. The summed E-state index contributed by atoms with van der Waals surface area (Å²) in [6.07, 6.45) is 3.10. The van der Waals surface area contributed by atoms with Gasteiger partial charge in [-0.3, -0.25) is 19.4 Å². The van der Waals surface area contributed by atoms with Gasteiger partial charge in [0.15, 0.2) is 0 Å². The highest BCUT2D eigenvalue weighted by molar-refractivity contribution is 6.52. The lowest BCUT2D eigenvalue weighted by Crippen LogP contribution is -2.40. The van der Waals surface area contributed by atoms with Crippen LogP contribution in [0.5, 0.6) is 0 Å². The van der Waals surface area contributed by atoms with E-state index in [-0.39, 0.29) is 18.3 Å². The van der Waals surface area contributed by atoms with E-state index in [9.17, 15) is 14.0 Å². The molecule has 0 spiro atoms. The second-order valence-electron chi connectivity index (χ2n) is 6.73. The Morgan fingerprint density at radius 2 is 1.89 bits per heavy atom. The summed E-state index contributed by atoms with van der Waals surface area (Å²) in [5.41, 5.74) is 2.50. The highest BCUT2D eigenvalue weighted by Gasteiger charge is 2.37. The third kappa shape index (κ3) is 3.07. The van der Waals surface area contributed by atoms with Crippen LogP contribution in [-0.2, 0) is 4.79 Å². The maximum Gasteiger partial charge on any atom is 0.300 e. The molecule has 1 amide bonds. The molecule has 7 nitrogen and oxygen atoms in total. The van der Waals surface area contributed by atoms with Crippen molar-refractivity contribution < 1.29 is 14.0 Å². The van der Waals surface area contributed by atoms with Gasteiger partial charge in [0, 0.05) is 6.04 Å². The summed E-state index contributed by atoms with van der Waals surface area (Å²) in [7, 11) is 1.87. The van der Waals surface area contributed by atoms with E-state index in [4.69, 9.17) is 0 Å². The normalized spacial score (nSPS) is 14.6. The Kier molecular flexibility index (Phi) is 4.48. The van der Waals surface area contributed by atoms with Gasteiger partial charge in [-0.1, -0.05) is 12.1 Å². The summed E-state index contributed by atoms with van der Waals surface area (Å²) in [6.45, 7) is 2.23. The molecule has 0 radical (unpaired) electrons. The molecule has 0 aliphatic carbocycles. The van der Waals surface area contributed by atoms with Crippen LogP contribution in [0.3, 0.4) is 0 Å². The number of carbonyl (C=O) groups is 2. The number of carbonyl (C=O) groups excluding carboxylic acids is 2. The minimum atomic E-state index is -0.673. The predicted octanol–water partition coefficient (Wildman–Crippen LogP) is 2.59. The molecule has 1 atom stereocenters. The molecule has 8 heteroatoms. The summed E-state index contributed by atoms with van der Waals surface area (Å²) in [5.74, 6) is -1.84. The molecule has 1 aromatic heterocycles. The monoisotopic (exact) mass is 379 g/mol. The standard InChI is InChI=1S/C20H18FN5O2/c1-13(14-3-6-16(7-4-14)26-11-22-10-23-26)24(2)12-25-18-8-5-15(21)9-17(18)19(27)20(25)28/h3-11,13H,12H2,1-2H3/t13-/m1/s1. The van der Waals surface area contributed by atoms with Crippen LogP contribution in [0.2, 0.25) is 0 Å². The van der Waals surface area contributed by atoms with Crippen molar-refractivity contribution in [2.24, 2.45) is 0 Å². The van der Waals surface area contributed by atoms with E-state index in [0.29, 0.717) is 5.69 Å². The minimum Gasteiger partial charge on any atom is -0.291 e. The average Bonchev–Trinajstić information content (AvgIpc) is 3.32. The third-order valence-corrected chi connectivity index (χ3v) is 5.02. The molecule has 28 heavy (non-hydrogen) atoms. The number of hydrogen-bond donors (Lipinski definition) is 0. The summed E-state index contributed by atoms with van der Waals surface area (Å²) >= 11 is 0. The van der Waals surface area contributed by atoms with Crippen LogP contribution < -0.4 is 4.90 Å². The Morgan fingerprint density at radius 1 is 1.14 bits per heavy atom. The number of ketones is 1. The number of rotatable bonds is 5. The summed E-state index contributed by atoms with van der Waals surface area (Å²) in [5, 5.41) is 4.10. The van der Waals surface area contributed by atoms with Crippen LogP contribution in [0.1, 0.15) is 28.9 Å². The van der Waals surface area contributed by atoms with Crippen molar-refractivity contribution in [2.45, 2.75) is 13.0 Å². The Balaban J connectivity index is 1.51. The molecular formula is C20H18FN5O2. The quantitative estimate of drug-likeness (QED) is 0.637. The Bertz CT molecular complexity index is 1030. The first-order chi connectivity index (χ1) is 13.5. The fourth-order valence-corrected chi connectivity index (χ4v) is 3.26. The first-order valence-electron chi connectivity index (χ1n) is 8.76. The van der Waals surface area contributed by atoms with E-state index in [1.165, 1.54) is 23.4 Å². The van der Waals surface area contributed by atoms with Crippen LogP contribution >= 0.6 is 0 Å². The van der Waals surface area contributed by atoms with Crippen molar-refractivity contribution in [1.82, 2.24) is 19.7 Å². The van der Waals surface area contributed by atoms with Crippen LogP contribution in [0.15, 0.2) is 55.1 Å². The zero-order valence-electron chi connectivity index (χ0n) is 15.4. The van der Waals surface area contributed by atoms with Crippen LogP contribution in [0.4, 0.5) is 10.1 Å². The first-order valence-corrected chi connectivity index (χ1v) is 8.76. The van der Waals surface area contributed by atoms with Crippen LogP contribution in [0.25, 0.3) is 5.69 Å². The molecule has 3 aromatic rings. The van der Waals surface area contributed by atoms with E-state index < -0.39 is 17.5 Å². The molecule has 0 unspecified atom stereocenters. The van der Waals surface area contributed by atoms with E-state index in [2.05, 4.69) is 10.1 Å². The maximum atomic E-state index is 13.4. The molecule has 142 valence electrons. The van der Waals surface area contributed by atoms with Gasteiger partial charge >= 0.3 is 5.91 Å². The minimum absolute atomic E-state index is 0.0165. The molecule has 0 saturated heterocycles. The van der Waals surface area contributed by atoms with Crippen molar-refractivity contribution >= 4 is 17.4 Å². The number of halogens is 1. The van der Waals surface area contributed by atoms with Gasteiger partial charge in [-0.15, -0.1) is 0 Å². The number of benzene rings is 2. The molecule has 1 aliphatic heterocycles. The van der Waals surface area contributed by atoms with Gasteiger partial charge in [-0.2, -0.15) is 5.10 Å².